The molecule has 1 aliphatic heterocycles. The number of phenolic OH excluding ortho intramolecular Hbond substituents is 1. The van der Waals surface area contributed by atoms with Crippen LogP contribution in [0.25, 0.3) is 0 Å². The summed E-state index contributed by atoms with van der Waals surface area (Å²) in [6, 6.07) is 6.07. The second-order valence-electron chi connectivity index (χ2n) is 5.04. The van der Waals surface area contributed by atoms with Crippen molar-refractivity contribution >= 4 is 28.3 Å². The largest absolute Gasteiger partial charge is 0.507 e. The zero-order chi connectivity index (χ0) is 16.9. The maximum absolute atomic E-state index is 12.1. The predicted octanol–water partition coefficient (Wildman–Crippen LogP) is 0.760. The monoisotopic (exact) mass is 348 g/mol. The molecule has 2 amide bonds. The fraction of sp³-hybridized carbons (Fsp3) is 0.267. The van der Waals surface area contributed by atoms with E-state index < -0.39 is 11.8 Å². The van der Waals surface area contributed by atoms with Crippen LogP contribution in [0.3, 0.4) is 0 Å². The quantitative estimate of drug-likeness (QED) is 0.708. The van der Waals surface area contributed by atoms with E-state index in [1.807, 2.05) is 4.90 Å². The Kier molecular flexibility index (Phi) is 4.92. The minimum Gasteiger partial charge on any atom is -0.507 e. The molecule has 0 saturated carbocycles. The van der Waals surface area contributed by atoms with Gasteiger partial charge in [-0.1, -0.05) is 12.1 Å². The van der Waals surface area contributed by atoms with Gasteiger partial charge < -0.3 is 14.7 Å². The number of aromatic hydroxyl groups is 1. The number of ether oxygens (including phenoxy) is 1. The standard InChI is InChI=1S/C15H16N4O4S/c20-12-4-2-1-3-10(12)13(21)17-18-14(22)11-9-24-15(16-11)19-5-7-23-8-6-19/h1-4,9,20H,5-8H2,(H,17,21)(H,18,22). The Balaban J connectivity index is 1.58. The Morgan fingerprint density at radius 1 is 1.17 bits per heavy atom. The van der Waals surface area contributed by atoms with Crippen LogP contribution in [-0.4, -0.2) is 48.2 Å². The highest BCUT2D eigenvalue weighted by molar-refractivity contribution is 7.13. The summed E-state index contributed by atoms with van der Waals surface area (Å²) in [5, 5.41) is 12.0. The van der Waals surface area contributed by atoms with E-state index in [1.165, 1.54) is 23.5 Å². The third-order valence-electron chi connectivity index (χ3n) is 3.44. The molecule has 1 aromatic heterocycles. The lowest BCUT2D eigenvalue weighted by Gasteiger charge is -2.25. The van der Waals surface area contributed by atoms with Crippen molar-refractivity contribution in [1.82, 2.24) is 15.8 Å². The highest BCUT2D eigenvalue weighted by Gasteiger charge is 2.18. The molecule has 0 spiro atoms. The molecule has 3 N–H and O–H groups in total. The first kappa shape index (κ1) is 16.2. The van der Waals surface area contributed by atoms with Crippen molar-refractivity contribution in [2.45, 2.75) is 0 Å². The van der Waals surface area contributed by atoms with Gasteiger partial charge in [-0.2, -0.15) is 0 Å². The van der Waals surface area contributed by atoms with E-state index in [-0.39, 0.29) is 17.0 Å². The molecule has 8 nitrogen and oxygen atoms in total. The average molecular weight is 348 g/mol. The number of carbonyl (C=O) groups is 2. The molecular weight excluding hydrogens is 332 g/mol. The van der Waals surface area contributed by atoms with Crippen molar-refractivity contribution in [3.63, 3.8) is 0 Å². The Labute approximate surface area is 142 Å². The number of nitrogens with one attached hydrogen (secondary N) is 2. The molecule has 2 heterocycles. The SMILES string of the molecule is O=C(NNC(=O)c1ccccc1O)c1csc(N2CCOCC2)n1. The predicted molar refractivity (Wildman–Crippen MR) is 88.2 cm³/mol. The summed E-state index contributed by atoms with van der Waals surface area (Å²) < 4.78 is 5.28. The number of aromatic nitrogens is 1. The van der Waals surface area contributed by atoms with Crippen molar-refractivity contribution in [1.29, 1.82) is 0 Å². The number of anilines is 1. The first-order valence-electron chi connectivity index (χ1n) is 7.32. The summed E-state index contributed by atoms with van der Waals surface area (Å²) in [6.45, 7) is 2.74. The number of para-hydroxylation sites is 1. The van der Waals surface area contributed by atoms with Gasteiger partial charge in [-0.05, 0) is 12.1 Å². The molecule has 1 aromatic carbocycles. The number of hydrogen-bond acceptors (Lipinski definition) is 7. The highest BCUT2D eigenvalue weighted by Crippen LogP contribution is 2.21. The van der Waals surface area contributed by atoms with Crippen LogP contribution in [0.2, 0.25) is 0 Å². The molecule has 0 aliphatic carbocycles. The van der Waals surface area contributed by atoms with Crippen LogP contribution in [0.4, 0.5) is 5.13 Å². The Morgan fingerprint density at radius 3 is 2.62 bits per heavy atom. The minimum atomic E-state index is -0.606. The van der Waals surface area contributed by atoms with Gasteiger partial charge in [0.1, 0.15) is 11.4 Å². The van der Waals surface area contributed by atoms with Gasteiger partial charge in [0.15, 0.2) is 5.13 Å². The molecule has 1 fully saturated rings. The third kappa shape index (κ3) is 3.63. The van der Waals surface area contributed by atoms with Crippen LogP contribution in [0.5, 0.6) is 5.75 Å². The minimum absolute atomic E-state index is 0.0742. The lowest BCUT2D eigenvalue weighted by Crippen LogP contribution is -2.42. The van der Waals surface area contributed by atoms with Gasteiger partial charge in [0.25, 0.3) is 11.8 Å². The zero-order valence-electron chi connectivity index (χ0n) is 12.7. The van der Waals surface area contributed by atoms with Crippen LogP contribution in [0.15, 0.2) is 29.6 Å². The Hall–Kier alpha value is -2.65. The molecule has 0 unspecified atom stereocenters. The van der Waals surface area contributed by atoms with Crippen molar-refractivity contribution < 1.29 is 19.4 Å². The van der Waals surface area contributed by atoms with E-state index in [2.05, 4.69) is 15.8 Å². The second kappa shape index (κ2) is 7.28. The maximum atomic E-state index is 12.1. The zero-order valence-corrected chi connectivity index (χ0v) is 13.5. The van der Waals surface area contributed by atoms with Crippen molar-refractivity contribution in [2.75, 3.05) is 31.2 Å². The number of benzene rings is 1. The van der Waals surface area contributed by atoms with E-state index >= 15 is 0 Å². The lowest BCUT2D eigenvalue weighted by atomic mass is 10.2. The van der Waals surface area contributed by atoms with Gasteiger partial charge in [0.2, 0.25) is 0 Å². The van der Waals surface area contributed by atoms with Crippen LogP contribution < -0.4 is 15.8 Å². The number of phenols is 1. The number of hydrogen-bond donors (Lipinski definition) is 3. The molecule has 24 heavy (non-hydrogen) atoms. The van der Waals surface area contributed by atoms with Gasteiger partial charge in [-0.15, -0.1) is 11.3 Å². The first-order chi connectivity index (χ1) is 11.6. The summed E-state index contributed by atoms with van der Waals surface area (Å²) in [5.41, 5.74) is 4.85. The molecule has 1 aliphatic rings. The summed E-state index contributed by atoms with van der Waals surface area (Å²) in [5.74, 6) is -1.29. The Morgan fingerprint density at radius 2 is 1.88 bits per heavy atom. The molecule has 0 atom stereocenters. The van der Waals surface area contributed by atoms with Crippen LogP contribution in [-0.2, 0) is 4.74 Å². The van der Waals surface area contributed by atoms with Gasteiger partial charge >= 0.3 is 0 Å². The van der Waals surface area contributed by atoms with E-state index in [1.54, 1.807) is 17.5 Å². The number of carbonyl (C=O) groups excluding carboxylic acids is 2. The van der Waals surface area contributed by atoms with Crippen LogP contribution in [0, 0.1) is 0 Å². The normalized spacial score (nSPS) is 14.2. The average Bonchev–Trinajstić information content (AvgIpc) is 3.11. The number of rotatable bonds is 3. The lowest BCUT2D eigenvalue weighted by molar-refractivity contribution is 0.0842. The number of amides is 2. The number of thiazole rings is 1. The summed E-state index contributed by atoms with van der Waals surface area (Å²) in [7, 11) is 0. The number of morpholine rings is 1. The topological polar surface area (TPSA) is 104 Å². The molecule has 126 valence electrons. The summed E-state index contributed by atoms with van der Waals surface area (Å²) in [4.78, 5) is 30.3. The fourth-order valence-electron chi connectivity index (χ4n) is 2.18. The maximum Gasteiger partial charge on any atom is 0.289 e. The van der Waals surface area contributed by atoms with E-state index in [0.717, 1.165) is 18.2 Å². The van der Waals surface area contributed by atoms with Crippen molar-refractivity contribution in [3.05, 3.63) is 40.9 Å². The molecule has 3 rings (SSSR count). The number of hydrazine groups is 1. The highest BCUT2D eigenvalue weighted by atomic mass is 32.1. The molecule has 2 aromatic rings. The van der Waals surface area contributed by atoms with Crippen LogP contribution in [0.1, 0.15) is 20.8 Å². The van der Waals surface area contributed by atoms with Crippen molar-refractivity contribution in [3.8, 4) is 5.75 Å². The molecule has 0 bridgehead atoms. The smallest absolute Gasteiger partial charge is 0.289 e. The molecule has 1 saturated heterocycles. The summed E-state index contributed by atoms with van der Waals surface area (Å²) >= 11 is 1.36. The fourth-order valence-corrected chi connectivity index (χ4v) is 3.04. The third-order valence-corrected chi connectivity index (χ3v) is 4.35. The Bertz CT molecular complexity index is 743. The molecular formula is C15H16N4O4S. The van der Waals surface area contributed by atoms with Crippen molar-refractivity contribution in [2.24, 2.45) is 0 Å². The molecule has 0 radical (unpaired) electrons. The first-order valence-corrected chi connectivity index (χ1v) is 8.20. The van der Waals surface area contributed by atoms with Gasteiger partial charge in [-0.3, -0.25) is 20.4 Å². The molecule has 9 heteroatoms. The van der Waals surface area contributed by atoms with Gasteiger partial charge in [0.05, 0.1) is 18.8 Å². The second-order valence-corrected chi connectivity index (χ2v) is 5.88. The van der Waals surface area contributed by atoms with Gasteiger partial charge in [0, 0.05) is 18.5 Å². The van der Waals surface area contributed by atoms with E-state index in [9.17, 15) is 14.7 Å². The van der Waals surface area contributed by atoms with Gasteiger partial charge in [-0.25, -0.2) is 4.98 Å². The number of nitrogens with zero attached hydrogens (tertiary/aromatic N) is 2. The van der Waals surface area contributed by atoms with E-state index in [4.69, 9.17) is 4.74 Å². The van der Waals surface area contributed by atoms with E-state index in [0.29, 0.717) is 13.2 Å². The summed E-state index contributed by atoms with van der Waals surface area (Å²) in [6.07, 6.45) is 0. The van der Waals surface area contributed by atoms with Crippen LogP contribution >= 0.6 is 11.3 Å².